The number of ketones is 1. The Balaban J connectivity index is 2.98. The smallest absolute Gasteiger partial charge is 0.410 e. The van der Waals surface area contributed by atoms with Gasteiger partial charge in [-0.15, -0.1) is 0 Å². The van der Waals surface area contributed by atoms with Crippen molar-refractivity contribution in [2.75, 3.05) is 13.1 Å². The number of hydrogen-bond donors (Lipinski definition) is 0. The number of amides is 1. The summed E-state index contributed by atoms with van der Waals surface area (Å²) in [5.41, 5.74) is 1.45. The van der Waals surface area contributed by atoms with Crippen LogP contribution < -0.4 is 15.1 Å². The fourth-order valence-electron chi connectivity index (χ4n) is 5.69. The van der Waals surface area contributed by atoms with Gasteiger partial charge in [0.2, 0.25) is 0 Å². The van der Waals surface area contributed by atoms with Gasteiger partial charge >= 0.3 is 6.09 Å². The molecule has 0 saturated carbocycles. The largest absolute Gasteiger partial charge is 0.415 e. The molecule has 198 valence electrons. The predicted octanol–water partition coefficient (Wildman–Crippen LogP) is 7.19. The molecule has 0 aromatic heterocycles. The SMILES string of the molecule is CCN(CC)C(=O)Oc1c([Si](CC)(CC)CC)cc(C(=O)c2ccccc2)cc1[Si](CC)(CC)CC. The molecule has 0 spiro atoms. The average molecular weight is 526 g/mol. The second kappa shape index (κ2) is 13.4. The molecule has 4 nitrogen and oxygen atoms in total. The third-order valence-electron chi connectivity index (χ3n) is 8.80. The fraction of sp³-hybridized carbons (Fsp3) is 0.533. The fourth-order valence-corrected chi connectivity index (χ4v) is 13.4. The molecular formula is C30H47NO3Si2. The van der Waals surface area contributed by atoms with E-state index in [1.807, 2.05) is 44.2 Å². The van der Waals surface area contributed by atoms with Crippen LogP contribution in [-0.2, 0) is 0 Å². The Bertz CT molecular complexity index is 953. The van der Waals surface area contributed by atoms with Gasteiger partial charge in [0.15, 0.2) is 5.78 Å². The molecule has 0 unspecified atom stereocenters. The van der Waals surface area contributed by atoms with E-state index in [1.54, 1.807) is 4.90 Å². The topological polar surface area (TPSA) is 46.6 Å². The van der Waals surface area contributed by atoms with Crippen molar-refractivity contribution in [2.24, 2.45) is 0 Å². The van der Waals surface area contributed by atoms with E-state index in [-0.39, 0.29) is 11.9 Å². The van der Waals surface area contributed by atoms with E-state index >= 15 is 0 Å². The second-order valence-electron chi connectivity index (χ2n) is 9.82. The van der Waals surface area contributed by atoms with Crippen LogP contribution in [-0.4, -0.2) is 46.0 Å². The van der Waals surface area contributed by atoms with Gasteiger partial charge in [0.25, 0.3) is 0 Å². The van der Waals surface area contributed by atoms with Crippen LogP contribution in [0.15, 0.2) is 42.5 Å². The van der Waals surface area contributed by atoms with Gasteiger partial charge in [0, 0.05) is 24.2 Å². The van der Waals surface area contributed by atoms with E-state index < -0.39 is 16.1 Å². The van der Waals surface area contributed by atoms with Crippen molar-refractivity contribution < 1.29 is 14.3 Å². The number of nitrogens with zero attached hydrogens (tertiary/aromatic N) is 1. The maximum Gasteiger partial charge on any atom is 0.415 e. The molecule has 0 bridgehead atoms. The molecule has 2 aromatic rings. The van der Waals surface area contributed by atoms with Gasteiger partial charge in [-0.25, -0.2) is 4.79 Å². The molecule has 0 radical (unpaired) electrons. The normalized spacial score (nSPS) is 11.9. The van der Waals surface area contributed by atoms with Crippen molar-refractivity contribution in [2.45, 2.75) is 91.7 Å². The first-order valence-corrected chi connectivity index (χ1v) is 19.3. The zero-order chi connectivity index (χ0) is 26.9. The highest BCUT2D eigenvalue weighted by Crippen LogP contribution is 2.31. The van der Waals surface area contributed by atoms with Crippen molar-refractivity contribution in [3.8, 4) is 5.75 Å². The summed E-state index contributed by atoms with van der Waals surface area (Å²) in [6, 6.07) is 20.1. The van der Waals surface area contributed by atoms with Gasteiger partial charge in [-0.2, -0.15) is 0 Å². The molecule has 0 N–H and O–H groups in total. The van der Waals surface area contributed by atoms with Gasteiger partial charge < -0.3 is 9.64 Å². The van der Waals surface area contributed by atoms with Gasteiger partial charge in [0.05, 0.1) is 16.1 Å². The zero-order valence-corrected chi connectivity index (χ0v) is 25.9. The van der Waals surface area contributed by atoms with E-state index in [9.17, 15) is 9.59 Å². The first-order valence-electron chi connectivity index (χ1n) is 14.0. The molecule has 6 heteroatoms. The maximum atomic E-state index is 13.8. The van der Waals surface area contributed by atoms with E-state index in [0.717, 1.165) is 47.6 Å². The summed E-state index contributed by atoms with van der Waals surface area (Å²) < 4.78 is 6.43. The lowest BCUT2D eigenvalue weighted by molar-refractivity contribution is 0.103. The van der Waals surface area contributed by atoms with Crippen LogP contribution >= 0.6 is 0 Å². The highest BCUT2D eigenvalue weighted by molar-refractivity contribution is 6.95. The molecule has 0 heterocycles. The Morgan fingerprint density at radius 1 is 0.667 bits per heavy atom. The molecule has 2 rings (SSSR count). The molecule has 1 amide bonds. The molecule has 0 atom stereocenters. The van der Waals surface area contributed by atoms with E-state index in [4.69, 9.17) is 4.74 Å². The molecular weight excluding hydrogens is 479 g/mol. The zero-order valence-electron chi connectivity index (χ0n) is 23.9. The summed E-state index contributed by atoms with van der Waals surface area (Å²) in [5.74, 6) is 0.850. The summed E-state index contributed by atoms with van der Waals surface area (Å²) >= 11 is 0. The van der Waals surface area contributed by atoms with Gasteiger partial charge in [-0.1, -0.05) is 108 Å². The minimum Gasteiger partial charge on any atom is -0.410 e. The third-order valence-corrected chi connectivity index (χ3v) is 20.0. The summed E-state index contributed by atoms with van der Waals surface area (Å²) in [5, 5.41) is 2.33. The first-order chi connectivity index (χ1) is 17.3. The number of benzene rings is 2. The van der Waals surface area contributed by atoms with Gasteiger partial charge in [-0.05, 0) is 36.4 Å². The minimum atomic E-state index is -2.01. The maximum absolute atomic E-state index is 13.8. The summed E-state index contributed by atoms with van der Waals surface area (Å²) in [7, 11) is -4.02. The van der Waals surface area contributed by atoms with Crippen LogP contribution in [0.1, 0.15) is 71.3 Å². The summed E-state index contributed by atoms with van der Waals surface area (Å²) in [6.45, 7) is 18.8. The van der Waals surface area contributed by atoms with Gasteiger partial charge in [-0.3, -0.25) is 4.79 Å². The lowest BCUT2D eigenvalue weighted by atomic mass is 10.0. The van der Waals surface area contributed by atoms with Crippen molar-refractivity contribution in [3.05, 3.63) is 53.6 Å². The Morgan fingerprint density at radius 2 is 1.08 bits per heavy atom. The molecule has 0 aliphatic heterocycles. The van der Waals surface area contributed by atoms with Crippen LogP contribution in [0.2, 0.25) is 36.3 Å². The number of carbonyl (C=O) groups is 2. The van der Waals surface area contributed by atoms with Gasteiger partial charge in [0.1, 0.15) is 5.75 Å². The Labute approximate surface area is 221 Å². The van der Waals surface area contributed by atoms with Crippen LogP contribution in [0.4, 0.5) is 4.79 Å². The summed E-state index contributed by atoms with van der Waals surface area (Å²) in [4.78, 5) is 28.9. The quantitative estimate of drug-likeness (QED) is 0.205. The molecule has 0 fully saturated rings. The lowest BCUT2D eigenvalue weighted by Gasteiger charge is -2.37. The third kappa shape index (κ3) is 5.86. The van der Waals surface area contributed by atoms with Crippen molar-refractivity contribution in [3.63, 3.8) is 0 Å². The first kappa shape index (κ1) is 30.0. The second-order valence-corrected chi connectivity index (χ2v) is 20.3. The Hall–Kier alpha value is -2.19. The van der Waals surface area contributed by atoms with E-state index in [2.05, 4.69) is 53.7 Å². The monoisotopic (exact) mass is 525 g/mol. The standard InChI is InChI=1S/C30H47NO3Si2/c1-9-31(10-2)30(33)34-29-26(35(11-3,12-4)13-5)22-25(28(32)24-20-18-17-19-21-24)23-27(29)36(14-6,15-7)16-8/h17-23H,9-16H2,1-8H3. The van der Waals surface area contributed by atoms with Crippen molar-refractivity contribution >= 4 is 38.4 Å². The lowest BCUT2D eigenvalue weighted by Crippen LogP contribution is -2.54. The van der Waals surface area contributed by atoms with Crippen LogP contribution in [0, 0.1) is 0 Å². The number of carbonyl (C=O) groups excluding carboxylic acids is 2. The number of ether oxygens (including phenoxy) is 1. The average Bonchev–Trinajstić information content (AvgIpc) is 2.93. The Morgan fingerprint density at radius 3 is 1.44 bits per heavy atom. The molecule has 0 aliphatic rings. The minimum absolute atomic E-state index is 0.0529. The molecule has 0 aliphatic carbocycles. The Kier molecular flexibility index (Phi) is 11.2. The predicted molar refractivity (Wildman–Crippen MR) is 159 cm³/mol. The van der Waals surface area contributed by atoms with E-state index in [0.29, 0.717) is 18.7 Å². The molecule has 0 saturated heterocycles. The molecule has 2 aromatic carbocycles. The van der Waals surface area contributed by atoms with Crippen molar-refractivity contribution in [1.29, 1.82) is 0 Å². The highest BCUT2D eigenvalue weighted by Gasteiger charge is 2.40. The van der Waals surface area contributed by atoms with E-state index in [1.165, 1.54) is 10.4 Å². The number of hydrogen-bond acceptors (Lipinski definition) is 3. The van der Waals surface area contributed by atoms with Crippen LogP contribution in [0.25, 0.3) is 0 Å². The van der Waals surface area contributed by atoms with Crippen molar-refractivity contribution in [1.82, 2.24) is 4.90 Å². The summed E-state index contributed by atoms with van der Waals surface area (Å²) in [6.07, 6.45) is -0.276. The molecule has 36 heavy (non-hydrogen) atoms. The highest BCUT2D eigenvalue weighted by atomic mass is 28.3. The number of rotatable bonds is 13. The van der Waals surface area contributed by atoms with Crippen LogP contribution in [0.3, 0.4) is 0 Å². The van der Waals surface area contributed by atoms with Crippen LogP contribution in [0.5, 0.6) is 5.75 Å².